The number of nitrogens with one attached hydrogen (secondary N) is 3. The van der Waals surface area contributed by atoms with E-state index in [-0.39, 0.29) is 42.3 Å². The molecule has 13 heteroatoms. The van der Waals surface area contributed by atoms with E-state index in [2.05, 4.69) is 117 Å². The number of amides is 3. The Bertz CT molecular complexity index is 2330. The third-order valence-corrected chi connectivity index (χ3v) is 12.4. The normalized spacial score (nSPS) is 19.6. The van der Waals surface area contributed by atoms with Crippen molar-refractivity contribution in [2.75, 3.05) is 33.3 Å². The summed E-state index contributed by atoms with van der Waals surface area (Å²) in [6, 6.07) is 21.0. The number of likely N-dealkylation sites (tertiary alicyclic amines) is 2. The summed E-state index contributed by atoms with van der Waals surface area (Å²) >= 11 is 0. The Kier molecular flexibility index (Phi) is 12.8. The van der Waals surface area contributed by atoms with Crippen molar-refractivity contribution in [1.29, 1.82) is 0 Å². The van der Waals surface area contributed by atoms with E-state index in [4.69, 9.17) is 14.7 Å². The smallest absolute Gasteiger partial charge is 0.407 e. The molecule has 3 aromatic heterocycles. The monoisotopic (exact) mass is 821 g/mol. The summed E-state index contributed by atoms with van der Waals surface area (Å²) in [6.45, 7) is 7.23. The number of rotatable bonds is 14. The minimum Gasteiger partial charge on any atom is -0.453 e. The molecule has 1 unspecified atom stereocenters. The second kappa shape index (κ2) is 18.9. The third-order valence-electron chi connectivity index (χ3n) is 12.4. The Labute approximate surface area is 357 Å². The van der Waals surface area contributed by atoms with Crippen molar-refractivity contribution >= 4 is 17.9 Å². The van der Waals surface area contributed by atoms with Crippen LogP contribution in [0.2, 0.25) is 0 Å². The van der Waals surface area contributed by atoms with E-state index in [9.17, 15) is 14.4 Å². The highest BCUT2D eigenvalue weighted by Gasteiger charge is 2.40. The maximum absolute atomic E-state index is 14.3. The molecular weight excluding hydrogens is 767 g/mol. The number of nitrogens with zero attached hydrogens (tertiary/aromatic N) is 6. The summed E-state index contributed by atoms with van der Waals surface area (Å²) in [5.74, 6) is 1.71. The van der Waals surface area contributed by atoms with Gasteiger partial charge in [-0.2, -0.15) is 0 Å². The van der Waals surface area contributed by atoms with Gasteiger partial charge < -0.3 is 29.8 Å². The molecule has 0 radical (unpaired) electrons. The molecular formula is C48H55N9O4. The Hall–Kier alpha value is -6.34. The van der Waals surface area contributed by atoms with Crippen LogP contribution < -0.4 is 5.32 Å². The first kappa shape index (κ1) is 41.4. The lowest BCUT2D eigenvalue weighted by Crippen LogP contribution is -2.52. The van der Waals surface area contributed by atoms with Gasteiger partial charge in [0.15, 0.2) is 0 Å². The quantitative estimate of drug-likeness (QED) is 0.103. The van der Waals surface area contributed by atoms with Gasteiger partial charge in [-0.3, -0.25) is 19.5 Å². The molecule has 3 aliphatic rings. The lowest BCUT2D eigenvalue weighted by molar-refractivity contribution is -0.139. The maximum atomic E-state index is 14.3. The molecule has 5 heterocycles. The lowest BCUT2D eigenvalue weighted by atomic mass is 9.90. The molecule has 0 saturated carbocycles. The van der Waals surface area contributed by atoms with Crippen molar-refractivity contribution in [2.45, 2.75) is 76.5 Å². The van der Waals surface area contributed by atoms with E-state index in [0.717, 1.165) is 91.2 Å². The minimum atomic E-state index is -0.825. The van der Waals surface area contributed by atoms with E-state index in [1.807, 2.05) is 30.6 Å². The zero-order valence-corrected chi connectivity index (χ0v) is 35.2. The van der Waals surface area contributed by atoms with Crippen LogP contribution in [0.1, 0.15) is 75.4 Å². The van der Waals surface area contributed by atoms with Gasteiger partial charge in [-0.1, -0.05) is 92.7 Å². The number of methoxy groups -OCH3 is 1. The highest BCUT2D eigenvalue weighted by Crippen LogP contribution is 2.36. The number of carbonyl (C=O) groups excluding carboxylic acids is 3. The molecule has 316 valence electrons. The SMILES string of the molecule is CCN(CC)[C@@H](C(=O)N1CCC[C@H]1c1ncc(-c2ccc(-c3ccc(-c4cnc([C@@H]5CCCN5C(=O)[C@H](Cc5ccccn5)NC(=O)OC)[nH]4)cc3)cc2)[nH]1)C1C=CC=CC1. The van der Waals surface area contributed by atoms with Gasteiger partial charge in [0.05, 0.1) is 49.0 Å². The van der Waals surface area contributed by atoms with Crippen LogP contribution in [0.25, 0.3) is 33.6 Å². The topological polar surface area (TPSA) is 152 Å². The van der Waals surface area contributed by atoms with Crippen molar-refractivity contribution in [3.05, 3.63) is 127 Å². The maximum Gasteiger partial charge on any atom is 0.407 e. The van der Waals surface area contributed by atoms with Crippen LogP contribution in [0.15, 0.2) is 110 Å². The zero-order valence-electron chi connectivity index (χ0n) is 35.2. The molecule has 3 amide bonds. The highest BCUT2D eigenvalue weighted by atomic mass is 16.5. The molecule has 2 aromatic carbocycles. The Balaban J connectivity index is 0.919. The summed E-state index contributed by atoms with van der Waals surface area (Å²) in [6.07, 6.45) is 17.8. The Morgan fingerprint density at radius 1 is 0.770 bits per heavy atom. The molecule has 13 nitrogen and oxygen atoms in total. The molecule has 0 spiro atoms. The number of pyridine rings is 1. The number of H-pyrrole nitrogens is 2. The largest absolute Gasteiger partial charge is 0.453 e. The molecule has 0 bridgehead atoms. The van der Waals surface area contributed by atoms with Gasteiger partial charge in [-0.05, 0) is 79.6 Å². The fourth-order valence-corrected chi connectivity index (χ4v) is 9.18. The van der Waals surface area contributed by atoms with Crippen LogP contribution in [0, 0.1) is 5.92 Å². The fourth-order valence-electron chi connectivity index (χ4n) is 9.18. The van der Waals surface area contributed by atoms with E-state index < -0.39 is 12.1 Å². The van der Waals surface area contributed by atoms with Crippen LogP contribution in [0.3, 0.4) is 0 Å². The second-order valence-corrected chi connectivity index (χ2v) is 16.0. The van der Waals surface area contributed by atoms with Gasteiger partial charge in [0, 0.05) is 37.3 Å². The van der Waals surface area contributed by atoms with Crippen LogP contribution >= 0.6 is 0 Å². The Morgan fingerprint density at radius 3 is 1.85 bits per heavy atom. The number of alkyl carbamates (subject to hydrolysis) is 1. The van der Waals surface area contributed by atoms with E-state index in [0.29, 0.717) is 18.1 Å². The molecule has 3 N–H and O–H groups in total. The molecule has 5 aromatic rings. The number of allylic oxidation sites excluding steroid dienone is 3. The van der Waals surface area contributed by atoms with Gasteiger partial charge in [-0.25, -0.2) is 14.8 Å². The molecule has 5 atom stereocenters. The number of aromatic amines is 2. The first-order chi connectivity index (χ1) is 29.8. The van der Waals surface area contributed by atoms with Gasteiger partial charge in [0.25, 0.3) is 0 Å². The number of ether oxygens (including phenoxy) is 1. The summed E-state index contributed by atoms with van der Waals surface area (Å²) in [5, 5.41) is 2.72. The van der Waals surface area contributed by atoms with Gasteiger partial charge >= 0.3 is 6.09 Å². The standard InChI is InChI=1S/C48H55N9O4/c1-4-55(5-2)43(36-13-7-6-8-14-36)47(59)57-28-12-17-42(57)45-51-31-40(53-45)35-24-20-33(21-25-35)32-18-22-34(23-19-32)39-30-50-44(52-39)41-16-11-27-56(41)46(58)38(54-48(60)61-3)29-37-15-9-10-26-49-37/h6-10,13,15,18-26,30-31,36,38,41-43H,4-5,11-12,14,16-17,27-29H2,1-3H3,(H,50,52)(H,51,53)(H,54,60)/t36?,38-,41-,42-,43+/m0/s1. The molecule has 8 rings (SSSR count). The summed E-state index contributed by atoms with van der Waals surface area (Å²) in [7, 11) is 1.28. The molecule has 2 aliphatic heterocycles. The second-order valence-electron chi connectivity index (χ2n) is 16.0. The van der Waals surface area contributed by atoms with Gasteiger partial charge in [0.2, 0.25) is 11.8 Å². The van der Waals surface area contributed by atoms with Crippen molar-refractivity contribution in [3.8, 4) is 33.6 Å². The summed E-state index contributed by atoms with van der Waals surface area (Å²) in [5.41, 5.74) is 6.67. The number of carbonyl (C=O) groups is 3. The van der Waals surface area contributed by atoms with Crippen LogP contribution in [0.5, 0.6) is 0 Å². The number of benzene rings is 2. The first-order valence-corrected chi connectivity index (χ1v) is 21.6. The van der Waals surface area contributed by atoms with Crippen molar-refractivity contribution in [2.24, 2.45) is 5.92 Å². The third kappa shape index (κ3) is 9.07. The summed E-state index contributed by atoms with van der Waals surface area (Å²) in [4.78, 5) is 67.5. The zero-order chi connectivity index (χ0) is 42.3. The van der Waals surface area contributed by atoms with Crippen molar-refractivity contribution in [1.82, 2.24) is 44.9 Å². The molecule has 1 aliphatic carbocycles. The van der Waals surface area contributed by atoms with E-state index >= 15 is 0 Å². The fraction of sp³-hybridized carbons (Fsp3) is 0.375. The van der Waals surface area contributed by atoms with Crippen molar-refractivity contribution in [3.63, 3.8) is 0 Å². The van der Waals surface area contributed by atoms with E-state index in [1.165, 1.54) is 7.11 Å². The Morgan fingerprint density at radius 2 is 1.34 bits per heavy atom. The van der Waals surface area contributed by atoms with E-state index in [1.54, 1.807) is 11.1 Å². The molecule has 61 heavy (non-hydrogen) atoms. The number of aromatic nitrogens is 5. The van der Waals surface area contributed by atoms with Gasteiger partial charge in [0.1, 0.15) is 17.7 Å². The highest BCUT2D eigenvalue weighted by molar-refractivity contribution is 5.86. The number of imidazole rings is 2. The van der Waals surface area contributed by atoms with Crippen LogP contribution in [-0.4, -0.2) is 103 Å². The predicted octanol–water partition coefficient (Wildman–Crippen LogP) is 7.67. The van der Waals surface area contributed by atoms with Gasteiger partial charge in [-0.15, -0.1) is 0 Å². The molecule has 2 fully saturated rings. The number of hydrogen-bond donors (Lipinski definition) is 3. The average Bonchev–Trinajstić information content (AvgIpc) is 4.16. The number of likely N-dealkylation sites (N-methyl/N-ethyl adjacent to an activating group) is 1. The average molecular weight is 822 g/mol. The molecule has 2 saturated heterocycles. The van der Waals surface area contributed by atoms with Crippen LogP contribution in [-0.2, 0) is 20.7 Å². The van der Waals surface area contributed by atoms with Crippen LogP contribution in [0.4, 0.5) is 4.79 Å². The lowest BCUT2D eigenvalue weighted by Gasteiger charge is -2.37. The predicted molar refractivity (Wildman–Crippen MR) is 235 cm³/mol. The van der Waals surface area contributed by atoms with Crippen molar-refractivity contribution < 1.29 is 19.1 Å². The number of hydrogen-bond acceptors (Lipinski definition) is 8. The first-order valence-electron chi connectivity index (χ1n) is 21.6. The minimum absolute atomic E-state index is 0.0730. The summed E-state index contributed by atoms with van der Waals surface area (Å²) < 4.78 is 4.83.